The van der Waals surface area contributed by atoms with Crippen LogP contribution in [-0.4, -0.2) is 46.6 Å². The van der Waals surface area contributed by atoms with Crippen molar-refractivity contribution in [3.8, 4) is 5.75 Å². The molecule has 1 saturated heterocycles. The van der Waals surface area contributed by atoms with Gasteiger partial charge in [-0.1, -0.05) is 36.4 Å². The molecule has 0 bridgehead atoms. The van der Waals surface area contributed by atoms with Gasteiger partial charge in [-0.3, -0.25) is 9.69 Å². The predicted octanol–water partition coefficient (Wildman–Crippen LogP) is 2.89. The lowest BCUT2D eigenvalue weighted by atomic mass is 10.0. The number of piperazine rings is 1. The third kappa shape index (κ3) is 4.32. The number of methoxy groups -OCH3 is 1. The van der Waals surface area contributed by atoms with E-state index in [4.69, 9.17) is 4.74 Å². The second kappa shape index (κ2) is 8.49. The van der Waals surface area contributed by atoms with Gasteiger partial charge in [-0.15, -0.1) is 0 Å². The average Bonchev–Trinajstić information content (AvgIpc) is 3.15. The third-order valence-electron chi connectivity index (χ3n) is 5.49. The predicted molar refractivity (Wildman–Crippen MR) is 113 cm³/mol. The number of amides is 1. The van der Waals surface area contributed by atoms with E-state index >= 15 is 0 Å². The van der Waals surface area contributed by atoms with Crippen LogP contribution in [0.3, 0.4) is 0 Å². The van der Waals surface area contributed by atoms with Crippen molar-refractivity contribution in [1.82, 2.24) is 14.5 Å². The summed E-state index contributed by atoms with van der Waals surface area (Å²) in [6, 6.07) is 18.3. The van der Waals surface area contributed by atoms with Crippen molar-refractivity contribution in [1.29, 1.82) is 0 Å². The Morgan fingerprint density at radius 3 is 2.69 bits per heavy atom. The molecule has 0 radical (unpaired) electrons. The molecule has 2 heterocycles. The van der Waals surface area contributed by atoms with Crippen molar-refractivity contribution in [2.75, 3.05) is 25.1 Å². The summed E-state index contributed by atoms with van der Waals surface area (Å²) in [5.74, 6) is 1.81. The summed E-state index contributed by atoms with van der Waals surface area (Å²) in [5, 5.41) is 0. The van der Waals surface area contributed by atoms with E-state index in [9.17, 15) is 4.79 Å². The second-order valence-corrected chi connectivity index (χ2v) is 7.41. The maximum Gasteiger partial charge on any atom is 0.241 e. The van der Waals surface area contributed by atoms with Gasteiger partial charge in [0, 0.05) is 43.8 Å². The van der Waals surface area contributed by atoms with Crippen LogP contribution >= 0.6 is 0 Å². The van der Waals surface area contributed by atoms with Gasteiger partial charge < -0.3 is 14.2 Å². The van der Waals surface area contributed by atoms with Gasteiger partial charge in [0.15, 0.2) is 0 Å². The number of ether oxygens (including phenoxy) is 1. The van der Waals surface area contributed by atoms with E-state index in [0.717, 1.165) is 23.7 Å². The van der Waals surface area contributed by atoms with Crippen molar-refractivity contribution >= 4 is 11.6 Å². The maximum absolute atomic E-state index is 13.0. The monoisotopic (exact) mass is 390 g/mol. The van der Waals surface area contributed by atoms with Gasteiger partial charge in [0.1, 0.15) is 11.6 Å². The van der Waals surface area contributed by atoms with Crippen LogP contribution in [0.15, 0.2) is 67.0 Å². The van der Waals surface area contributed by atoms with E-state index in [2.05, 4.69) is 34.1 Å². The Hall–Kier alpha value is -3.12. The number of carbonyl (C=O) groups is 1. The fraction of sp³-hybridized carbons (Fsp3) is 0.304. The third-order valence-corrected chi connectivity index (χ3v) is 5.49. The number of carbonyl (C=O) groups excluding carboxylic acids is 1. The van der Waals surface area contributed by atoms with E-state index < -0.39 is 0 Å². The summed E-state index contributed by atoms with van der Waals surface area (Å²) < 4.78 is 7.36. The molecule has 1 aliphatic rings. The Labute approximate surface area is 171 Å². The molecule has 150 valence electrons. The zero-order chi connectivity index (χ0) is 20.2. The summed E-state index contributed by atoms with van der Waals surface area (Å²) in [7, 11) is 3.63. The minimum absolute atomic E-state index is 0.0942. The Morgan fingerprint density at radius 1 is 1.14 bits per heavy atom. The zero-order valence-corrected chi connectivity index (χ0v) is 16.9. The highest BCUT2D eigenvalue weighted by molar-refractivity contribution is 5.95. The fourth-order valence-electron chi connectivity index (χ4n) is 3.84. The molecule has 4 rings (SSSR count). The van der Waals surface area contributed by atoms with Gasteiger partial charge in [0.05, 0.1) is 20.2 Å². The number of hydrogen-bond acceptors (Lipinski definition) is 4. The van der Waals surface area contributed by atoms with Gasteiger partial charge >= 0.3 is 0 Å². The first-order chi connectivity index (χ1) is 14.1. The first kappa shape index (κ1) is 19.2. The minimum Gasteiger partial charge on any atom is -0.497 e. The number of hydrogen-bond donors (Lipinski definition) is 0. The summed E-state index contributed by atoms with van der Waals surface area (Å²) in [6.45, 7) is 1.64. The molecule has 0 spiro atoms. The molecule has 29 heavy (non-hydrogen) atoms. The molecule has 1 fully saturated rings. The summed E-state index contributed by atoms with van der Waals surface area (Å²) in [6.07, 6.45) is 4.62. The number of imidazole rings is 1. The highest BCUT2D eigenvalue weighted by Crippen LogP contribution is 2.26. The van der Waals surface area contributed by atoms with Crippen LogP contribution in [0.1, 0.15) is 11.4 Å². The molecule has 1 atom stereocenters. The molecule has 0 aliphatic carbocycles. The molecular formula is C23H26N4O2. The number of anilines is 1. The van der Waals surface area contributed by atoms with Crippen LogP contribution in [0.25, 0.3) is 0 Å². The van der Waals surface area contributed by atoms with Gasteiger partial charge in [-0.2, -0.15) is 0 Å². The zero-order valence-electron chi connectivity index (χ0n) is 16.9. The summed E-state index contributed by atoms with van der Waals surface area (Å²) in [4.78, 5) is 21.6. The lowest BCUT2D eigenvalue weighted by molar-refractivity contribution is -0.122. The van der Waals surface area contributed by atoms with Crippen LogP contribution in [0.5, 0.6) is 5.75 Å². The highest BCUT2D eigenvalue weighted by Gasteiger charge is 2.33. The molecule has 0 saturated carbocycles. The van der Waals surface area contributed by atoms with Crippen LogP contribution in [-0.2, 0) is 24.8 Å². The quantitative estimate of drug-likeness (QED) is 0.649. The number of rotatable bonds is 6. The van der Waals surface area contributed by atoms with E-state index in [-0.39, 0.29) is 11.9 Å². The molecule has 0 N–H and O–H groups in total. The lowest BCUT2D eigenvalue weighted by Gasteiger charge is -2.41. The van der Waals surface area contributed by atoms with Crippen molar-refractivity contribution in [2.24, 2.45) is 7.05 Å². The SMILES string of the molecule is COc1cccc(N2CC(Cc3ccccc3)N(Cc3nccn3C)CC2=O)c1. The molecule has 1 unspecified atom stereocenters. The fourth-order valence-corrected chi connectivity index (χ4v) is 3.84. The molecule has 2 aromatic carbocycles. The van der Waals surface area contributed by atoms with Crippen molar-refractivity contribution in [3.05, 3.63) is 78.4 Å². The Kier molecular flexibility index (Phi) is 5.62. The van der Waals surface area contributed by atoms with Gasteiger partial charge in [0.2, 0.25) is 5.91 Å². The van der Waals surface area contributed by atoms with Crippen molar-refractivity contribution < 1.29 is 9.53 Å². The summed E-state index contributed by atoms with van der Waals surface area (Å²) in [5.41, 5.74) is 2.14. The van der Waals surface area contributed by atoms with E-state index in [1.807, 2.05) is 53.0 Å². The van der Waals surface area contributed by atoms with E-state index in [0.29, 0.717) is 19.6 Å². The first-order valence-corrected chi connectivity index (χ1v) is 9.82. The summed E-state index contributed by atoms with van der Waals surface area (Å²) >= 11 is 0. The highest BCUT2D eigenvalue weighted by atomic mass is 16.5. The molecule has 6 nitrogen and oxygen atoms in total. The van der Waals surface area contributed by atoms with E-state index in [1.54, 1.807) is 13.3 Å². The Morgan fingerprint density at radius 2 is 1.97 bits per heavy atom. The Bertz CT molecular complexity index is 970. The van der Waals surface area contributed by atoms with Crippen LogP contribution in [0.4, 0.5) is 5.69 Å². The minimum atomic E-state index is 0.0942. The average molecular weight is 390 g/mol. The van der Waals surface area contributed by atoms with Gasteiger partial charge in [0.25, 0.3) is 0 Å². The molecule has 1 aromatic heterocycles. The molecule has 6 heteroatoms. The lowest BCUT2D eigenvalue weighted by Crippen LogP contribution is -2.56. The van der Waals surface area contributed by atoms with Crippen molar-refractivity contribution in [3.63, 3.8) is 0 Å². The largest absolute Gasteiger partial charge is 0.497 e. The van der Waals surface area contributed by atoms with Crippen LogP contribution < -0.4 is 9.64 Å². The Balaban J connectivity index is 1.60. The number of nitrogens with zero attached hydrogens (tertiary/aromatic N) is 4. The second-order valence-electron chi connectivity index (χ2n) is 7.41. The number of aromatic nitrogens is 2. The van der Waals surface area contributed by atoms with E-state index in [1.165, 1.54) is 5.56 Å². The molecule has 1 amide bonds. The topological polar surface area (TPSA) is 50.6 Å². The molecule has 1 aliphatic heterocycles. The normalized spacial score (nSPS) is 17.5. The van der Waals surface area contributed by atoms with Gasteiger partial charge in [-0.25, -0.2) is 4.98 Å². The van der Waals surface area contributed by atoms with Crippen LogP contribution in [0.2, 0.25) is 0 Å². The van der Waals surface area contributed by atoms with Gasteiger partial charge in [-0.05, 0) is 24.1 Å². The number of aryl methyl sites for hydroxylation is 1. The van der Waals surface area contributed by atoms with Crippen LogP contribution in [0, 0.1) is 0 Å². The molecular weight excluding hydrogens is 364 g/mol. The number of benzene rings is 2. The van der Waals surface area contributed by atoms with Crippen molar-refractivity contribution in [2.45, 2.75) is 19.0 Å². The maximum atomic E-state index is 13.0. The standard InChI is InChI=1S/C23H26N4O2/c1-25-12-11-24-22(25)16-26-17-23(28)27(19-9-6-10-21(14-19)29-2)15-20(26)13-18-7-4-3-5-8-18/h3-12,14,20H,13,15-17H2,1-2H3. The smallest absolute Gasteiger partial charge is 0.241 e. The first-order valence-electron chi connectivity index (χ1n) is 9.82. The molecule has 3 aromatic rings.